The van der Waals surface area contributed by atoms with Gasteiger partial charge in [0.2, 0.25) is 0 Å². The Morgan fingerprint density at radius 3 is 1.46 bits per heavy atom. The number of urea groups is 1. The number of unbranched alkanes of at least 4 members (excludes halogenated alkanes) is 1. The molecule has 0 aromatic heterocycles. The number of carbonyl (C=O) groups excluding carboxylic acids is 4. The minimum absolute atomic E-state index is 0.220. The lowest BCUT2D eigenvalue weighted by Crippen LogP contribution is -2.38. The van der Waals surface area contributed by atoms with Crippen molar-refractivity contribution in [3.05, 3.63) is 89.5 Å². The predicted octanol–water partition coefficient (Wildman–Crippen LogP) is 5.40. The largest absolute Gasteiger partial charge is 0.338 e. The highest BCUT2D eigenvalue weighted by molar-refractivity contribution is 6.07. The summed E-state index contributed by atoms with van der Waals surface area (Å²) in [6, 6.07) is 20.3. The summed E-state index contributed by atoms with van der Waals surface area (Å²) in [5, 5.41) is 11.3. The molecule has 4 N–H and O–H groups in total. The number of amides is 4. The molecule has 0 radical (unpaired) electrons. The number of Topliss-reactive ketones (excluding diaryl/α,β-unsaturated/α-hetero) is 1. The Morgan fingerprint density at radius 2 is 0.978 bits per heavy atom. The Bertz CT molecular complexity index is 1340. The fourth-order valence-corrected chi connectivity index (χ4v) is 4.68. The fourth-order valence-electron chi connectivity index (χ4n) is 4.68. The first-order chi connectivity index (χ1) is 21.7. The van der Waals surface area contributed by atoms with Crippen LogP contribution < -0.4 is 21.3 Å². The fraction of sp³-hybridized carbons (Fsp3) is 0.389. The molecule has 0 spiro atoms. The van der Waals surface area contributed by atoms with E-state index >= 15 is 0 Å². The summed E-state index contributed by atoms with van der Waals surface area (Å²) in [7, 11) is 12.8. The molecule has 246 valence electrons. The van der Waals surface area contributed by atoms with Gasteiger partial charge in [0, 0.05) is 54.0 Å². The van der Waals surface area contributed by atoms with Crippen molar-refractivity contribution < 1.29 is 28.1 Å². The smallest absolute Gasteiger partial charge is 0.319 e. The number of anilines is 3. The highest BCUT2D eigenvalue weighted by Gasteiger charge is 2.12. The van der Waals surface area contributed by atoms with Gasteiger partial charge in [-0.25, -0.2) is 4.79 Å². The summed E-state index contributed by atoms with van der Waals surface area (Å²) in [6.45, 7) is 2.60. The molecule has 4 amide bonds. The van der Waals surface area contributed by atoms with Crippen molar-refractivity contribution in [3.8, 4) is 0 Å². The van der Waals surface area contributed by atoms with Gasteiger partial charge < -0.3 is 30.2 Å². The van der Waals surface area contributed by atoms with E-state index in [2.05, 4.69) is 63.6 Å². The van der Waals surface area contributed by atoms with Crippen LogP contribution in [0.3, 0.4) is 0 Å². The SMILES string of the molecule is C[N+](C)(C)CCCCC(=O)Cc1ccc(NC(=O)c2ccc(C(=O)Nc3ccc(NC(=O)NCCC[N+](C)(C)C)cc3)cc2)cc1. The van der Waals surface area contributed by atoms with Crippen molar-refractivity contribution >= 4 is 40.7 Å². The highest BCUT2D eigenvalue weighted by Crippen LogP contribution is 2.17. The van der Waals surface area contributed by atoms with Crippen LogP contribution in [0, 0.1) is 0 Å². The number of hydrogen-bond acceptors (Lipinski definition) is 4. The van der Waals surface area contributed by atoms with Crippen LogP contribution in [0.5, 0.6) is 0 Å². The summed E-state index contributed by atoms with van der Waals surface area (Å²) >= 11 is 0. The van der Waals surface area contributed by atoms with E-state index in [0.717, 1.165) is 46.9 Å². The Morgan fingerprint density at radius 1 is 0.543 bits per heavy atom. The van der Waals surface area contributed by atoms with E-state index in [0.29, 0.717) is 47.6 Å². The van der Waals surface area contributed by atoms with E-state index in [1.165, 1.54) is 0 Å². The maximum Gasteiger partial charge on any atom is 0.319 e. The van der Waals surface area contributed by atoms with Gasteiger partial charge in [0.25, 0.3) is 11.8 Å². The summed E-state index contributed by atoms with van der Waals surface area (Å²) in [5.74, 6) is -0.396. The monoisotopic (exact) mass is 630 g/mol. The molecule has 0 fully saturated rings. The molecule has 0 aliphatic heterocycles. The number of benzene rings is 3. The van der Waals surface area contributed by atoms with Gasteiger partial charge in [-0.05, 0) is 79.1 Å². The first-order valence-electron chi connectivity index (χ1n) is 15.8. The van der Waals surface area contributed by atoms with Crippen LogP contribution in [0.25, 0.3) is 0 Å². The summed E-state index contributed by atoms with van der Waals surface area (Å²) in [5.41, 5.74) is 3.55. The molecule has 0 unspecified atom stereocenters. The van der Waals surface area contributed by atoms with Crippen LogP contribution >= 0.6 is 0 Å². The lowest BCUT2D eigenvalue weighted by molar-refractivity contribution is -0.870. The number of nitrogens with zero attached hydrogens (tertiary/aromatic N) is 2. The standard InChI is InChI=1S/C36H48N6O4/c1-41(2,3)24-8-7-10-33(43)26-27-11-17-30(18-12-27)38-34(44)28-13-15-29(16-14-28)35(45)39-31-19-21-32(22-20-31)40-36(46)37-23-9-25-42(4,5)6/h11-22H,7-10,23-26H2,1-6H3,(H2-2,37,38,39,40,44,45,46)/p+2. The van der Waals surface area contributed by atoms with E-state index in [9.17, 15) is 19.2 Å². The van der Waals surface area contributed by atoms with Gasteiger partial charge >= 0.3 is 6.03 Å². The third-order valence-electron chi connectivity index (χ3n) is 7.25. The van der Waals surface area contributed by atoms with Crippen molar-refractivity contribution in [1.29, 1.82) is 0 Å². The van der Waals surface area contributed by atoms with Gasteiger partial charge in [0.1, 0.15) is 5.78 Å². The number of carbonyl (C=O) groups is 4. The molecular formula is C36H50N6O4+2. The van der Waals surface area contributed by atoms with Crippen molar-refractivity contribution in [1.82, 2.24) is 5.32 Å². The predicted molar refractivity (Wildman–Crippen MR) is 185 cm³/mol. The van der Waals surface area contributed by atoms with Gasteiger partial charge in [0.05, 0.1) is 55.4 Å². The quantitative estimate of drug-likeness (QED) is 0.125. The molecule has 0 saturated heterocycles. The number of ketones is 1. The maximum atomic E-state index is 12.8. The van der Waals surface area contributed by atoms with Crippen molar-refractivity contribution in [2.75, 3.05) is 77.9 Å². The third kappa shape index (κ3) is 13.6. The number of nitrogens with one attached hydrogen (secondary N) is 4. The maximum absolute atomic E-state index is 12.8. The van der Waals surface area contributed by atoms with Crippen LogP contribution in [0.4, 0.5) is 21.9 Å². The lowest BCUT2D eigenvalue weighted by atomic mass is 10.0. The average molecular weight is 631 g/mol. The van der Waals surface area contributed by atoms with Crippen LogP contribution in [-0.4, -0.2) is 94.5 Å². The zero-order chi connectivity index (χ0) is 33.7. The molecule has 46 heavy (non-hydrogen) atoms. The van der Waals surface area contributed by atoms with Crippen molar-refractivity contribution in [2.45, 2.75) is 32.1 Å². The van der Waals surface area contributed by atoms with E-state index < -0.39 is 0 Å². The topological polar surface area (TPSA) is 116 Å². The van der Waals surface area contributed by atoms with Gasteiger partial charge in [-0.2, -0.15) is 0 Å². The van der Waals surface area contributed by atoms with Crippen LogP contribution in [-0.2, 0) is 11.2 Å². The molecule has 0 aliphatic rings. The molecule has 0 saturated carbocycles. The number of quaternary nitrogens is 2. The Labute approximate surface area is 273 Å². The second kappa shape index (κ2) is 16.7. The summed E-state index contributed by atoms with van der Waals surface area (Å²) in [4.78, 5) is 50.0. The molecule has 10 heteroatoms. The van der Waals surface area contributed by atoms with E-state index in [4.69, 9.17) is 0 Å². The normalized spacial score (nSPS) is 11.4. The van der Waals surface area contributed by atoms with Gasteiger partial charge in [-0.3, -0.25) is 14.4 Å². The van der Waals surface area contributed by atoms with Crippen LogP contribution in [0.1, 0.15) is 52.0 Å². The molecule has 3 aromatic rings. The molecule has 3 rings (SSSR count). The van der Waals surface area contributed by atoms with Crippen LogP contribution in [0.2, 0.25) is 0 Å². The van der Waals surface area contributed by atoms with Crippen molar-refractivity contribution in [2.24, 2.45) is 0 Å². The number of hydrogen-bond donors (Lipinski definition) is 4. The summed E-state index contributed by atoms with van der Waals surface area (Å²) < 4.78 is 1.74. The Hall–Kier alpha value is -4.54. The van der Waals surface area contributed by atoms with Gasteiger partial charge in [0.15, 0.2) is 0 Å². The molecule has 0 heterocycles. The second-order valence-electron chi connectivity index (χ2n) is 13.7. The molecular weight excluding hydrogens is 580 g/mol. The molecule has 10 nitrogen and oxygen atoms in total. The van der Waals surface area contributed by atoms with E-state index in [1.807, 2.05) is 12.1 Å². The van der Waals surface area contributed by atoms with Gasteiger partial charge in [-0.1, -0.05) is 12.1 Å². The Balaban J connectivity index is 1.42. The average Bonchev–Trinajstić information content (AvgIpc) is 2.99. The van der Waals surface area contributed by atoms with E-state index in [-0.39, 0.29) is 23.6 Å². The molecule has 0 bridgehead atoms. The zero-order valence-electron chi connectivity index (χ0n) is 28.1. The first-order valence-corrected chi connectivity index (χ1v) is 15.8. The summed E-state index contributed by atoms with van der Waals surface area (Å²) in [6.07, 6.45) is 3.76. The molecule has 0 aliphatic carbocycles. The van der Waals surface area contributed by atoms with Gasteiger partial charge in [-0.15, -0.1) is 0 Å². The lowest BCUT2D eigenvalue weighted by Gasteiger charge is -2.23. The Kier molecular flexibility index (Phi) is 13.0. The first kappa shape index (κ1) is 35.9. The van der Waals surface area contributed by atoms with E-state index in [1.54, 1.807) is 60.7 Å². The zero-order valence-corrected chi connectivity index (χ0v) is 28.1. The minimum Gasteiger partial charge on any atom is -0.338 e. The van der Waals surface area contributed by atoms with Crippen molar-refractivity contribution in [3.63, 3.8) is 0 Å². The second-order valence-corrected chi connectivity index (χ2v) is 13.7. The highest BCUT2D eigenvalue weighted by atomic mass is 16.2. The molecule has 0 atom stereocenters. The minimum atomic E-state index is -0.318. The third-order valence-corrected chi connectivity index (χ3v) is 7.25. The van der Waals surface area contributed by atoms with Crippen LogP contribution in [0.15, 0.2) is 72.8 Å². The number of rotatable bonds is 16. The molecule has 3 aromatic carbocycles.